The number of ether oxygens (including phenoxy) is 1. The highest BCUT2D eigenvalue weighted by Crippen LogP contribution is 2.36. The zero-order valence-corrected chi connectivity index (χ0v) is 11.7. The minimum absolute atomic E-state index is 0.250. The molecule has 0 aromatic carbocycles. The standard InChI is InChI=1S/C14H25NO3/c1-14(2,3)18-13(17)15-8-11(12(16)9-15)10-6-4-5-7-10/h10-12,16H,4-9H2,1-3H3/t11-,12+/m0/s1. The first-order valence-corrected chi connectivity index (χ1v) is 7.03. The van der Waals surface area contributed by atoms with Crippen molar-refractivity contribution in [2.24, 2.45) is 11.8 Å². The number of aliphatic hydroxyl groups excluding tert-OH is 1. The van der Waals surface area contributed by atoms with Crippen LogP contribution in [0.3, 0.4) is 0 Å². The Balaban J connectivity index is 1.91. The largest absolute Gasteiger partial charge is 0.444 e. The molecule has 1 amide bonds. The van der Waals surface area contributed by atoms with Crippen LogP contribution in [0, 0.1) is 11.8 Å². The summed E-state index contributed by atoms with van der Waals surface area (Å²) < 4.78 is 5.36. The van der Waals surface area contributed by atoms with Gasteiger partial charge in [0, 0.05) is 12.5 Å². The average molecular weight is 255 g/mol. The third kappa shape index (κ3) is 3.16. The van der Waals surface area contributed by atoms with Gasteiger partial charge in [0.2, 0.25) is 0 Å². The number of aliphatic hydroxyl groups is 1. The van der Waals surface area contributed by atoms with Crippen LogP contribution in [0.1, 0.15) is 46.5 Å². The van der Waals surface area contributed by atoms with E-state index in [-0.39, 0.29) is 18.1 Å². The Labute approximate surface area is 109 Å². The van der Waals surface area contributed by atoms with E-state index >= 15 is 0 Å². The molecule has 2 aliphatic rings. The number of carbonyl (C=O) groups is 1. The van der Waals surface area contributed by atoms with Crippen molar-refractivity contribution in [3.8, 4) is 0 Å². The normalized spacial score (nSPS) is 29.9. The van der Waals surface area contributed by atoms with Crippen molar-refractivity contribution in [2.75, 3.05) is 13.1 Å². The van der Waals surface area contributed by atoms with Gasteiger partial charge in [0.1, 0.15) is 5.60 Å². The van der Waals surface area contributed by atoms with Crippen LogP contribution in [0.25, 0.3) is 0 Å². The van der Waals surface area contributed by atoms with Crippen LogP contribution in [-0.2, 0) is 4.74 Å². The molecule has 1 aliphatic heterocycles. The molecule has 0 radical (unpaired) electrons. The molecule has 4 heteroatoms. The topological polar surface area (TPSA) is 49.8 Å². The third-order valence-corrected chi connectivity index (χ3v) is 3.99. The maximum Gasteiger partial charge on any atom is 0.410 e. The van der Waals surface area contributed by atoms with Gasteiger partial charge < -0.3 is 14.7 Å². The Kier molecular flexibility index (Phi) is 3.85. The molecule has 104 valence electrons. The Bertz CT molecular complexity index is 305. The minimum atomic E-state index is -0.465. The van der Waals surface area contributed by atoms with Crippen molar-refractivity contribution in [1.29, 1.82) is 0 Å². The van der Waals surface area contributed by atoms with Crippen LogP contribution in [0.2, 0.25) is 0 Å². The van der Waals surface area contributed by atoms with Crippen molar-refractivity contribution in [3.63, 3.8) is 0 Å². The molecule has 2 rings (SSSR count). The number of amides is 1. The zero-order valence-electron chi connectivity index (χ0n) is 11.7. The molecule has 0 spiro atoms. The first-order valence-electron chi connectivity index (χ1n) is 7.03. The molecule has 1 aliphatic carbocycles. The molecule has 1 saturated heterocycles. The lowest BCUT2D eigenvalue weighted by atomic mass is 9.88. The second-order valence-electron chi connectivity index (χ2n) is 6.66. The van der Waals surface area contributed by atoms with E-state index < -0.39 is 5.60 Å². The van der Waals surface area contributed by atoms with Crippen LogP contribution < -0.4 is 0 Å². The number of nitrogens with zero attached hydrogens (tertiary/aromatic N) is 1. The van der Waals surface area contributed by atoms with E-state index in [9.17, 15) is 9.90 Å². The van der Waals surface area contributed by atoms with E-state index in [2.05, 4.69) is 0 Å². The van der Waals surface area contributed by atoms with Gasteiger partial charge in [-0.25, -0.2) is 4.79 Å². The smallest absolute Gasteiger partial charge is 0.410 e. The number of β-amino-alcohol motifs (C(OH)–C–C–N with tert-alkyl or cyclic N) is 1. The lowest BCUT2D eigenvalue weighted by Crippen LogP contribution is -2.36. The predicted molar refractivity (Wildman–Crippen MR) is 69.3 cm³/mol. The highest BCUT2D eigenvalue weighted by atomic mass is 16.6. The molecule has 18 heavy (non-hydrogen) atoms. The van der Waals surface area contributed by atoms with Gasteiger partial charge in [-0.2, -0.15) is 0 Å². The Morgan fingerprint density at radius 2 is 1.83 bits per heavy atom. The summed E-state index contributed by atoms with van der Waals surface area (Å²) in [5.41, 5.74) is -0.465. The Morgan fingerprint density at radius 1 is 1.22 bits per heavy atom. The second-order valence-corrected chi connectivity index (χ2v) is 6.66. The van der Waals surface area contributed by atoms with Gasteiger partial charge in [-0.1, -0.05) is 25.7 Å². The molecule has 1 N–H and O–H groups in total. The fourth-order valence-electron chi connectivity index (χ4n) is 3.14. The van der Waals surface area contributed by atoms with Crippen molar-refractivity contribution in [1.82, 2.24) is 4.90 Å². The predicted octanol–water partition coefficient (Wildman–Crippen LogP) is 2.40. The summed E-state index contributed by atoms with van der Waals surface area (Å²) in [4.78, 5) is 13.6. The SMILES string of the molecule is CC(C)(C)OC(=O)N1C[C@@H](O)[C@H](C2CCCC2)C1. The van der Waals surface area contributed by atoms with E-state index in [4.69, 9.17) is 4.74 Å². The Hall–Kier alpha value is -0.770. The molecule has 0 aromatic rings. The molecule has 4 nitrogen and oxygen atoms in total. The van der Waals surface area contributed by atoms with Crippen LogP contribution >= 0.6 is 0 Å². The van der Waals surface area contributed by atoms with Gasteiger partial charge in [-0.05, 0) is 26.7 Å². The van der Waals surface area contributed by atoms with Gasteiger partial charge in [0.25, 0.3) is 0 Å². The summed E-state index contributed by atoms with van der Waals surface area (Å²) in [6, 6.07) is 0. The maximum absolute atomic E-state index is 12.0. The van der Waals surface area contributed by atoms with Crippen molar-refractivity contribution < 1.29 is 14.6 Å². The summed E-state index contributed by atoms with van der Waals surface area (Å²) in [5.74, 6) is 0.840. The molecular formula is C14H25NO3. The number of rotatable bonds is 1. The van der Waals surface area contributed by atoms with Crippen molar-refractivity contribution >= 4 is 6.09 Å². The fourth-order valence-corrected chi connectivity index (χ4v) is 3.14. The number of hydrogen-bond acceptors (Lipinski definition) is 3. The number of likely N-dealkylation sites (tertiary alicyclic amines) is 1. The molecule has 0 bridgehead atoms. The van der Waals surface area contributed by atoms with Gasteiger partial charge in [0.15, 0.2) is 0 Å². The van der Waals surface area contributed by atoms with E-state index in [0.717, 1.165) is 0 Å². The molecular weight excluding hydrogens is 230 g/mol. The minimum Gasteiger partial charge on any atom is -0.444 e. The van der Waals surface area contributed by atoms with Crippen LogP contribution in [0.4, 0.5) is 4.79 Å². The van der Waals surface area contributed by atoms with Crippen LogP contribution in [0.15, 0.2) is 0 Å². The fraction of sp³-hybridized carbons (Fsp3) is 0.929. The molecule has 2 fully saturated rings. The lowest BCUT2D eigenvalue weighted by molar-refractivity contribution is 0.0269. The zero-order chi connectivity index (χ0) is 13.3. The molecule has 1 heterocycles. The first kappa shape index (κ1) is 13.7. The van der Waals surface area contributed by atoms with Crippen LogP contribution in [-0.4, -0.2) is 40.9 Å². The second kappa shape index (κ2) is 5.08. The van der Waals surface area contributed by atoms with E-state index in [0.29, 0.717) is 19.0 Å². The van der Waals surface area contributed by atoms with E-state index in [1.807, 2.05) is 20.8 Å². The third-order valence-electron chi connectivity index (χ3n) is 3.99. The molecule has 0 aromatic heterocycles. The summed E-state index contributed by atoms with van der Waals surface area (Å²) in [6.07, 6.45) is 4.26. The number of carbonyl (C=O) groups excluding carboxylic acids is 1. The first-order chi connectivity index (χ1) is 8.37. The lowest BCUT2D eigenvalue weighted by Gasteiger charge is -2.24. The molecule has 2 atom stereocenters. The highest BCUT2D eigenvalue weighted by Gasteiger charge is 2.40. The van der Waals surface area contributed by atoms with Gasteiger partial charge in [-0.3, -0.25) is 0 Å². The summed E-state index contributed by atoms with van der Waals surface area (Å²) in [7, 11) is 0. The van der Waals surface area contributed by atoms with Crippen molar-refractivity contribution in [2.45, 2.75) is 58.2 Å². The monoisotopic (exact) mass is 255 g/mol. The number of hydrogen-bond donors (Lipinski definition) is 1. The summed E-state index contributed by atoms with van der Waals surface area (Å²) in [5, 5.41) is 10.1. The molecule has 1 saturated carbocycles. The van der Waals surface area contributed by atoms with Crippen molar-refractivity contribution in [3.05, 3.63) is 0 Å². The van der Waals surface area contributed by atoms with Gasteiger partial charge in [0.05, 0.1) is 12.6 Å². The van der Waals surface area contributed by atoms with Crippen LogP contribution in [0.5, 0.6) is 0 Å². The van der Waals surface area contributed by atoms with E-state index in [1.165, 1.54) is 25.7 Å². The quantitative estimate of drug-likeness (QED) is 0.782. The maximum atomic E-state index is 12.0. The van der Waals surface area contributed by atoms with E-state index in [1.54, 1.807) is 4.90 Å². The average Bonchev–Trinajstić information content (AvgIpc) is 2.82. The van der Waals surface area contributed by atoms with Gasteiger partial charge >= 0.3 is 6.09 Å². The highest BCUT2D eigenvalue weighted by molar-refractivity contribution is 5.68. The Morgan fingerprint density at radius 3 is 2.39 bits per heavy atom. The molecule has 0 unspecified atom stereocenters. The van der Waals surface area contributed by atoms with Gasteiger partial charge in [-0.15, -0.1) is 0 Å². The summed E-state index contributed by atoms with van der Waals surface area (Å²) >= 11 is 0. The summed E-state index contributed by atoms with van der Waals surface area (Å²) in [6.45, 7) is 6.68.